The molecule has 0 atom stereocenters. The number of carbonyl (C=O) groups is 1. The molecule has 0 saturated heterocycles. The molecule has 0 aliphatic heterocycles. The SMILES string of the molecule is Cc1ccc(Br)cc1C(=O)Nc1cccnc1Cl. The molecule has 1 heterocycles. The average Bonchev–Trinajstić information content (AvgIpc) is 2.35. The first-order valence-corrected chi connectivity index (χ1v) is 6.43. The van der Waals surface area contributed by atoms with E-state index in [1.807, 2.05) is 19.1 Å². The van der Waals surface area contributed by atoms with E-state index in [4.69, 9.17) is 11.6 Å². The molecule has 1 aromatic heterocycles. The number of carbonyl (C=O) groups excluding carboxylic acids is 1. The van der Waals surface area contributed by atoms with Crippen molar-refractivity contribution in [3.8, 4) is 0 Å². The van der Waals surface area contributed by atoms with Crippen LogP contribution in [0, 0.1) is 6.92 Å². The highest BCUT2D eigenvalue weighted by Gasteiger charge is 2.11. The van der Waals surface area contributed by atoms with Crippen LogP contribution in [0.2, 0.25) is 5.15 Å². The Hall–Kier alpha value is -1.39. The van der Waals surface area contributed by atoms with Crippen LogP contribution >= 0.6 is 27.5 Å². The zero-order chi connectivity index (χ0) is 13.1. The fourth-order valence-electron chi connectivity index (χ4n) is 1.51. The summed E-state index contributed by atoms with van der Waals surface area (Å²) in [7, 11) is 0. The largest absolute Gasteiger partial charge is 0.319 e. The topological polar surface area (TPSA) is 42.0 Å². The molecular weight excluding hydrogens is 316 g/mol. The highest BCUT2D eigenvalue weighted by Crippen LogP contribution is 2.21. The lowest BCUT2D eigenvalue weighted by Crippen LogP contribution is -2.13. The quantitative estimate of drug-likeness (QED) is 0.846. The molecule has 0 aliphatic rings. The first-order chi connectivity index (χ1) is 8.58. The second-order valence-electron chi connectivity index (χ2n) is 3.76. The molecule has 1 N–H and O–H groups in total. The van der Waals surface area contributed by atoms with Gasteiger partial charge in [-0.15, -0.1) is 0 Å². The Balaban J connectivity index is 2.28. The Morgan fingerprint density at radius 3 is 2.89 bits per heavy atom. The van der Waals surface area contributed by atoms with Gasteiger partial charge in [-0.3, -0.25) is 4.79 Å². The van der Waals surface area contributed by atoms with E-state index in [1.54, 1.807) is 24.4 Å². The summed E-state index contributed by atoms with van der Waals surface area (Å²) < 4.78 is 0.857. The summed E-state index contributed by atoms with van der Waals surface area (Å²) in [6, 6.07) is 8.97. The first kappa shape index (κ1) is 13.1. The number of nitrogens with zero attached hydrogens (tertiary/aromatic N) is 1. The van der Waals surface area contributed by atoms with E-state index in [9.17, 15) is 4.79 Å². The van der Waals surface area contributed by atoms with Gasteiger partial charge >= 0.3 is 0 Å². The van der Waals surface area contributed by atoms with Crippen molar-refractivity contribution in [2.24, 2.45) is 0 Å². The molecule has 0 saturated carbocycles. The van der Waals surface area contributed by atoms with Gasteiger partial charge in [0, 0.05) is 16.2 Å². The summed E-state index contributed by atoms with van der Waals surface area (Å²) in [6.45, 7) is 1.88. The number of benzene rings is 1. The van der Waals surface area contributed by atoms with E-state index in [0.717, 1.165) is 10.0 Å². The van der Waals surface area contributed by atoms with Crippen LogP contribution < -0.4 is 5.32 Å². The molecule has 1 aromatic carbocycles. The van der Waals surface area contributed by atoms with Gasteiger partial charge in [-0.2, -0.15) is 0 Å². The predicted molar refractivity (Wildman–Crippen MR) is 76.1 cm³/mol. The number of nitrogens with one attached hydrogen (secondary N) is 1. The zero-order valence-corrected chi connectivity index (χ0v) is 11.9. The number of anilines is 1. The van der Waals surface area contributed by atoms with Crippen molar-refractivity contribution in [2.45, 2.75) is 6.92 Å². The number of halogens is 2. The van der Waals surface area contributed by atoms with E-state index in [1.165, 1.54) is 0 Å². The monoisotopic (exact) mass is 324 g/mol. The maximum Gasteiger partial charge on any atom is 0.256 e. The molecule has 2 aromatic rings. The number of amides is 1. The van der Waals surface area contributed by atoms with Crippen LogP contribution in [-0.4, -0.2) is 10.9 Å². The Morgan fingerprint density at radius 1 is 1.39 bits per heavy atom. The Kier molecular flexibility index (Phi) is 3.99. The molecule has 0 fully saturated rings. The van der Waals surface area contributed by atoms with Gasteiger partial charge in [0.25, 0.3) is 5.91 Å². The maximum atomic E-state index is 12.1. The standard InChI is InChI=1S/C13H10BrClN2O/c1-8-4-5-9(14)7-10(8)13(18)17-11-3-2-6-16-12(11)15/h2-7H,1H3,(H,17,18). The minimum atomic E-state index is -0.205. The predicted octanol–water partition coefficient (Wildman–Crippen LogP) is 4.06. The van der Waals surface area contributed by atoms with Crippen LogP contribution in [0.25, 0.3) is 0 Å². The van der Waals surface area contributed by atoms with Gasteiger partial charge in [-0.05, 0) is 36.8 Å². The molecule has 0 spiro atoms. The van der Waals surface area contributed by atoms with E-state index < -0.39 is 0 Å². The lowest BCUT2D eigenvalue weighted by Gasteiger charge is -2.08. The summed E-state index contributed by atoms with van der Waals surface area (Å²) >= 11 is 9.24. The molecule has 0 unspecified atom stereocenters. The molecule has 5 heteroatoms. The van der Waals surface area contributed by atoms with Crippen LogP contribution in [0.5, 0.6) is 0 Å². The Morgan fingerprint density at radius 2 is 2.17 bits per heavy atom. The van der Waals surface area contributed by atoms with Gasteiger partial charge in [-0.25, -0.2) is 4.98 Å². The van der Waals surface area contributed by atoms with Gasteiger partial charge in [0.1, 0.15) is 0 Å². The summed E-state index contributed by atoms with van der Waals surface area (Å²) in [5, 5.41) is 3.02. The summed E-state index contributed by atoms with van der Waals surface area (Å²) in [4.78, 5) is 16.0. The smallest absolute Gasteiger partial charge is 0.256 e. The normalized spacial score (nSPS) is 10.2. The molecule has 0 radical (unpaired) electrons. The highest BCUT2D eigenvalue weighted by atomic mass is 79.9. The van der Waals surface area contributed by atoms with Gasteiger partial charge in [-0.1, -0.05) is 33.6 Å². The second kappa shape index (κ2) is 5.50. The Labute approximate surface area is 118 Å². The first-order valence-electron chi connectivity index (χ1n) is 5.26. The van der Waals surface area contributed by atoms with Crippen LogP contribution in [-0.2, 0) is 0 Å². The molecule has 0 bridgehead atoms. The molecule has 1 amide bonds. The van der Waals surface area contributed by atoms with Crippen molar-refractivity contribution < 1.29 is 4.79 Å². The number of hydrogen-bond donors (Lipinski definition) is 1. The number of rotatable bonds is 2. The molecular formula is C13H10BrClN2O. The third-order valence-electron chi connectivity index (χ3n) is 2.45. The average molecular weight is 326 g/mol. The number of aromatic nitrogens is 1. The van der Waals surface area contributed by atoms with Crippen molar-refractivity contribution in [1.82, 2.24) is 4.98 Å². The maximum absolute atomic E-state index is 12.1. The van der Waals surface area contributed by atoms with Crippen molar-refractivity contribution in [2.75, 3.05) is 5.32 Å². The molecule has 3 nitrogen and oxygen atoms in total. The molecule has 18 heavy (non-hydrogen) atoms. The molecule has 0 aliphatic carbocycles. The van der Waals surface area contributed by atoms with Gasteiger partial charge in [0.15, 0.2) is 5.15 Å². The number of aryl methyl sites for hydroxylation is 1. The van der Waals surface area contributed by atoms with Crippen LogP contribution in [0.4, 0.5) is 5.69 Å². The van der Waals surface area contributed by atoms with Crippen molar-refractivity contribution in [3.63, 3.8) is 0 Å². The lowest BCUT2D eigenvalue weighted by molar-refractivity contribution is 0.102. The zero-order valence-electron chi connectivity index (χ0n) is 9.58. The number of hydrogen-bond acceptors (Lipinski definition) is 2. The molecule has 2 rings (SSSR count). The van der Waals surface area contributed by atoms with Crippen LogP contribution in [0.1, 0.15) is 15.9 Å². The van der Waals surface area contributed by atoms with Gasteiger partial charge in [0.05, 0.1) is 5.69 Å². The lowest BCUT2D eigenvalue weighted by atomic mass is 10.1. The van der Waals surface area contributed by atoms with Crippen molar-refractivity contribution >= 4 is 39.1 Å². The van der Waals surface area contributed by atoms with E-state index in [2.05, 4.69) is 26.2 Å². The summed E-state index contributed by atoms with van der Waals surface area (Å²) in [5.74, 6) is -0.205. The fraction of sp³-hybridized carbons (Fsp3) is 0.0769. The summed E-state index contributed by atoms with van der Waals surface area (Å²) in [5.41, 5.74) is 2.00. The van der Waals surface area contributed by atoms with E-state index in [-0.39, 0.29) is 11.1 Å². The van der Waals surface area contributed by atoms with Crippen molar-refractivity contribution in [3.05, 3.63) is 57.3 Å². The van der Waals surface area contributed by atoms with Crippen LogP contribution in [0.15, 0.2) is 41.0 Å². The second-order valence-corrected chi connectivity index (χ2v) is 5.03. The molecule has 92 valence electrons. The minimum Gasteiger partial charge on any atom is -0.319 e. The van der Waals surface area contributed by atoms with Crippen molar-refractivity contribution in [1.29, 1.82) is 0 Å². The third kappa shape index (κ3) is 2.89. The van der Waals surface area contributed by atoms with E-state index in [0.29, 0.717) is 11.3 Å². The van der Waals surface area contributed by atoms with Gasteiger partial charge in [0.2, 0.25) is 0 Å². The third-order valence-corrected chi connectivity index (χ3v) is 3.25. The van der Waals surface area contributed by atoms with Gasteiger partial charge < -0.3 is 5.32 Å². The Bertz CT molecular complexity index is 601. The minimum absolute atomic E-state index is 0.205. The van der Waals surface area contributed by atoms with E-state index >= 15 is 0 Å². The highest BCUT2D eigenvalue weighted by molar-refractivity contribution is 9.10. The van der Waals surface area contributed by atoms with Crippen LogP contribution in [0.3, 0.4) is 0 Å². The summed E-state index contributed by atoms with van der Waals surface area (Å²) in [6.07, 6.45) is 1.57. The fourth-order valence-corrected chi connectivity index (χ4v) is 2.04. The number of pyridine rings is 1.